The molecule has 0 bridgehead atoms. The number of hydrogen-bond donors (Lipinski definition) is 2. The molecule has 1 saturated heterocycles. The van der Waals surface area contributed by atoms with Crippen molar-refractivity contribution in [1.29, 1.82) is 0 Å². The van der Waals surface area contributed by atoms with Crippen molar-refractivity contribution in [3.8, 4) is 0 Å². The van der Waals surface area contributed by atoms with Crippen LogP contribution >= 0.6 is 0 Å². The van der Waals surface area contributed by atoms with E-state index in [0.29, 0.717) is 13.0 Å². The fourth-order valence-corrected chi connectivity index (χ4v) is 2.63. The van der Waals surface area contributed by atoms with E-state index in [2.05, 4.69) is 10.6 Å². The maximum Gasteiger partial charge on any atom is 0.338 e. The van der Waals surface area contributed by atoms with Crippen LogP contribution in [-0.2, 0) is 20.9 Å². The van der Waals surface area contributed by atoms with Crippen LogP contribution in [0.25, 0.3) is 0 Å². The smallest absolute Gasteiger partial charge is 0.338 e. The first-order chi connectivity index (χ1) is 12.8. The van der Waals surface area contributed by atoms with Crippen LogP contribution in [0.3, 0.4) is 0 Å². The number of hydrogen-bond acceptors (Lipinski definition) is 5. The van der Waals surface area contributed by atoms with E-state index in [1.54, 1.807) is 43.0 Å². The molecule has 146 valence electrons. The second-order valence-electron chi connectivity index (χ2n) is 6.78. The monoisotopic (exact) mass is 375 g/mol. The molecule has 2 rings (SSSR count). The number of ether oxygens (including phenoxy) is 1. The Labute approximate surface area is 158 Å². The van der Waals surface area contributed by atoms with Crippen molar-refractivity contribution in [3.63, 3.8) is 0 Å². The number of rotatable bonds is 6. The van der Waals surface area contributed by atoms with Crippen LogP contribution in [0, 0.1) is 0 Å². The van der Waals surface area contributed by atoms with Gasteiger partial charge in [-0.05, 0) is 44.9 Å². The van der Waals surface area contributed by atoms with E-state index in [1.165, 1.54) is 6.92 Å². The van der Waals surface area contributed by atoms with Gasteiger partial charge in [0.1, 0.15) is 0 Å². The number of carbonyl (C=O) groups is 4. The van der Waals surface area contributed by atoms with Gasteiger partial charge >= 0.3 is 12.0 Å². The summed E-state index contributed by atoms with van der Waals surface area (Å²) in [6, 6.07) is 5.93. The van der Waals surface area contributed by atoms with Gasteiger partial charge in [0.15, 0.2) is 6.10 Å². The Kier molecular flexibility index (Phi) is 6.92. The lowest BCUT2D eigenvalue weighted by molar-refractivity contribution is -0.128. The Morgan fingerprint density at radius 3 is 2.37 bits per heavy atom. The van der Waals surface area contributed by atoms with Crippen LogP contribution in [0.5, 0.6) is 0 Å². The minimum Gasteiger partial charge on any atom is -0.449 e. The molecule has 1 aliphatic heterocycles. The maximum atomic E-state index is 12.2. The molecule has 1 fully saturated rings. The van der Waals surface area contributed by atoms with Gasteiger partial charge in [0.25, 0.3) is 5.91 Å². The molecule has 1 atom stereocenters. The van der Waals surface area contributed by atoms with Gasteiger partial charge in [0.05, 0.1) is 5.56 Å². The first-order valence-corrected chi connectivity index (χ1v) is 8.95. The fraction of sp³-hybridized carbons (Fsp3) is 0.474. The first-order valence-electron chi connectivity index (χ1n) is 8.95. The molecule has 0 spiro atoms. The molecule has 0 aromatic heterocycles. The summed E-state index contributed by atoms with van der Waals surface area (Å²) in [5, 5.41) is 4.63. The minimum atomic E-state index is -1.11. The summed E-state index contributed by atoms with van der Waals surface area (Å²) in [6.45, 7) is 6.18. The quantitative estimate of drug-likeness (QED) is 0.735. The number of nitrogens with one attached hydrogen (secondary N) is 2. The predicted molar refractivity (Wildman–Crippen MR) is 97.8 cm³/mol. The standard InChI is InChI=1S/C19H25N3O5/c1-12(2)20-19(26)21-17(24)13(3)27-18(25)15-8-6-14(7-9-15)11-22-10-4-5-16(22)23/h6-9,12-13H,4-5,10-11H2,1-3H3,(H2,20,21,24,26). The average Bonchev–Trinajstić information content (AvgIpc) is 2.99. The maximum absolute atomic E-state index is 12.2. The topological polar surface area (TPSA) is 105 Å². The number of likely N-dealkylation sites (tertiary alicyclic amines) is 1. The van der Waals surface area contributed by atoms with Crippen molar-refractivity contribution in [3.05, 3.63) is 35.4 Å². The van der Waals surface area contributed by atoms with Crippen LogP contribution in [0.2, 0.25) is 0 Å². The molecule has 1 heterocycles. The van der Waals surface area contributed by atoms with E-state index >= 15 is 0 Å². The van der Waals surface area contributed by atoms with Crippen molar-refractivity contribution < 1.29 is 23.9 Å². The molecule has 8 heteroatoms. The summed E-state index contributed by atoms with van der Waals surface area (Å²) in [7, 11) is 0. The predicted octanol–water partition coefficient (Wildman–Crippen LogP) is 1.59. The molecule has 1 unspecified atom stereocenters. The van der Waals surface area contributed by atoms with E-state index in [1.807, 2.05) is 0 Å². The zero-order chi connectivity index (χ0) is 20.0. The van der Waals surface area contributed by atoms with Gasteiger partial charge in [0, 0.05) is 25.6 Å². The molecule has 27 heavy (non-hydrogen) atoms. The van der Waals surface area contributed by atoms with Crippen molar-refractivity contribution in [2.75, 3.05) is 6.54 Å². The molecule has 1 aliphatic rings. The van der Waals surface area contributed by atoms with E-state index in [4.69, 9.17) is 4.74 Å². The van der Waals surface area contributed by atoms with E-state index in [-0.39, 0.29) is 17.5 Å². The van der Waals surface area contributed by atoms with Crippen LogP contribution in [-0.4, -0.2) is 47.4 Å². The molecule has 0 radical (unpaired) electrons. The third-order valence-corrected chi connectivity index (χ3v) is 4.04. The normalized spacial score (nSPS) is 14.8. The molecule has 0 aliphatic carbocycles. The molecule has 1 aromatic rings. The first kappa shape index (κ1) is 20.4. The number of esters is 1. The van der Waals surface area contributed by atoms with Gasteiger partial charge in [-0.15, -0.1) is 0 Å². The number of amides is 4. The number of benzene rings is 1. The van der Waals surface area contributed by atoms with Gasteiger partial charge in [-0.2, -0.15) is 0 Å². The van der Waals surface area contributed by atoms with Gasteiger partial charge in [0.2, 0.25) is 5.91 Å². The van der Waals surface area contributed by atoms with Crippen molar-refractivity contribution in [2.24, 2.45) is 0 Å². The van der Waals surface area contributed by atoms with E-state index < -0.39 is 24.0 Å². The molecule has 4 amide bonds. The highest BCUT2D eigenvalue weighted by molar-refractivity contribution is 5.98. The second-order valence-corrected chi connectivity index (χ2v) is 6.78. The van der Waals surface area contributed by atoms with Crippen molar-refractivity contribution in [1.82, 2.24) is 15.5 Å². The lowest BCUT2D eigenvalue weighted by atomic mass is 10.1. The summed E-state index contributed by atoms with van der Waals surface area (Å²) in [5.41, 5.74) is 1.20. The summed E-state index contributed by atoms with van der Waals surface area (Å²) in [4.78, 5) is 49.0. The van der Waals surface area contributed by atoms with Crippen molar-refractivity contribution >= 4 is 23.8 Å². The average molecular weight is 375 g/mol. The van der Waals surface area contributed by atoms with Crippen molar-refractivity contribution in [2.45, 2.75) is 52.3 Å². The Bertz CT molecular complexity index is 715. The van der Waals surface area contributed by atoms with E-state index in [0.717, 1.165) is 18.5 Å². The number of nitrogens with zero attached hydrogens (tertiary/aromatic N) is 1. The van der Waals surface area contributed by atoms with E-state index in [9.17, 15) is 19.2 Å². The zero-order valence-corrected chi connectivity index (χ0v) is 15.8. The molecule has 8 nitrogen and oxygen atoms in total. The van der Waals surface area contributed by atoms with Gasteiger partial charge < -0.3 is 15.0 Å². The summed E-state index contributed by atoms with van der Waals surface area (Å²) < 4.78 is 5.10. The highest BCUT2D eigenvalue weighted by Gasteiger charge is 2.22. The Morgan fingerprint density at radius 2 is 1.81 bits per heavy atom. The molecule has 2 N–H and O–H groups in total. The lowest BCUT2D eigenvalue weighted by Crippen LogP contribution is -2.46. The summed E-state index contributed by atoms with van der Waals surface area (Å²) in [5.74, 6) is -1.23. The summed E-state index contributed by atoms with van der Waals surface area (Å²) in [6.07, 6.45) is 0.343. The highest BCUT2D eigenvalue weighted by atomic mass is 16.5. The largest absolute Gasteiger partial charge is 0.449 e. The Hall–Kier alpha value is -2.90. The van der Waals surface area contributed by atoms with Crippen LogP contribution in [0.4, 0.5) is 4.79 Å². The Balaban J connectivity index is 1.86. The molecule has 1 aromatic carbocycles. The van der Waals surface area contributed by atoms with Crippen LogP contribution < -0.4 is 10.6 Å². The third kappa shape index (κ3) is 6.09. The molecular weight excluding hydrogens is 350 g/mol. The SMILES string of the molecule is CC(C)NC(=O)NC(=O)C(C)OC(=O)c1ccc(CN2CCCC2=O)cc1. The van der Waals surface area contributed by atoms with Gasteiger partial charge in [-0.25, -0.2) is 9.59 Å². The summed E-state index contributed by atoms with van der Waals surface area (Å²) >= 11 is 0. The third-order valence-electron chi connectivity index (χ3n) is 4.04. The number of imide groups is 1. The minimum absolute atomic E-state index is 0.120. The fourth-order valence-electron chi connectivity index (χ4n) is 2.63. The number of urea groups is 1. The second kappa shape index (κ2) is 9.16. The van der Waals surface area contributed by atoms with Crippen LogP contribution in [0.1, 0.15) is 49.5 Å². The Morgan fingerprint density at radius 1 is 1.15 bits per heavy atom. The zero-order valence-electron chi connectivity index (χ0n) is 15.8. The lowest BCUT2D eigenvalue weighted by Gasteiger charge is -2.16. The molecular formula is C19H25N3O5. The van der Waals surface area contributed by atoms with Gasteiger partial charge in [-0.1, -0.05) is 12.1 Å². The number of carbonyl (C=O) groups excluding carboxylic acids is 4. The van der Waals surface area contributed by atoms with Gasteiger partial charge in [-0.3, -0.25) is 14.9 Å². The van der Waals surface area contributed by atoms with Crippen LogP contribution in [0.15, 0.2) is 24.3 Å². The molecule has 0 saturated carbocycles. The highest BCUT2D eigenvalue weighted by Crippen LogP contribution is 2.15.